The van der Waals surface area contributed by atoms with E-state index >= 15 is 0 Å². The van der Waals surface area contributed by atoms with E-state index in [-0.39, 0.29) is 23.9 Å². The molecule has 2 aromatic heterocycles. The van der Waals surface area contributed by atoms with Gasteiger partial charge in [-0.25, -0.2) is 4.98 Å². The number of anilines is 1. The third-order valence-electron chi connectivity index (χ3n) is 5.69. The predicted molar refractivity (Wildman–Crippen MR) is 111 cm³/mol. The van der Waals surface area contributed by atoms with Gasteiger partial charge in [0.1, 0.15) is 12.0 Å². The lowest BCUT2D eigenvalue weighted by Crippen LogP contribution is -2.43. The van der Waals surface area contributed by atoms with Crippen molar-refractivity contribution in [3.05, 3.63) is 41.9 Å². The Hall–Kier alpha value is -2.93. The highest BCUT2D eigenvalue weighted by molar-refractivity contribution is 5.79. The minimum absolute atomic E-state index is 0.00146. The molecule has 13 heteroatoms. The SMILES string of the molecule is OCCN1CCC[C@@H](Nc2nnc(-c3ccc(C(F)(F)F)cc3CC(F)(F)F)c3cncn23)C1. The van der Waals surface area contributed by atoms with E-state index in [4.69, 9.17) is 0 Å². The molecule has 0 unspecified atom stereocenters. The number of fused-ring (bicyclic) bond motifs is 1. The molecule has 1 aromatic carbocycles. The lowest BCUT2D eigenvalue weighted by atomic mass is 9.98. The third kappa shape index (κ3) is 5.41. The van der Waals surface area contributed by atoms with Crippen LogP contribution in [0.25, 0.3) is 16.8 Å². The molecule has 1 fully saturated rings. The van der Waals surface area contributed by atoms with Gasteiger partial charge < -0.3 is 10.4 Å². The van der Waals surface area contributed by atoms with Crippen LogP contribution in [0.4, 0.5) is 32.3 Å². The van der Waals surface area contributed by atoms with Gasteiger partial charge in [0.05, 0.1) is 30.3 Å². The van der Waals surface area contributed by atoms with Crippen LogP contribution in [0.1, 0.15) is 24.0 Å². The normalized spacial score (nSPS) is 17.9. The molecule has 184 valence electrons. The largest absolute Gasteiger partial charge is 0.416 e. The van der Waals surface area contributed by atoms with Gasteiger partial charge in [-0.1, -0.05) is 6.07 Å². The molecule has 0 radical (unpaired) electrons. The molecule has 7 nitrogen and oxygen atoms in total. The fourth-order valence-electron chi connectivity index (χ4n) is 4.19. The highest BCUT2D eigenvalue weighted by Crippen LogP contribution is 2.36. The van der Waals surface area contributed by atoms with Gasteiger partial charge in [-0.2, -0.15) is 26.3 Å². The van der Waals surface area contributed by atoms with Crippen molar-refractivity contribution in [2.24, 2.45) is 0 Å². The molecule has 0 aliphatic carbocycles. The van der Waals surface area contributed by atoms with Crippen LogP contribution in [0.5, 0.6) is 0 Å². The summed E-state index contributed by atoms with van der Waals surface area (Å²) in [5.74, 6) is 0.316. The number of aliphatic hydroxyl groups excluding tert-OH is 1. The number of piperidine rings is 1. The zero-order valence-electron chi connectivity index (χ0n) is 17.9. The number of likely N-dealkylation sites (tertiary alicyclic amines) is 1. The monoisotopic (exact) mass is 488 g/mol. The van der Waals surface area contributed by atoms with E-state index in [9.17, 15) is 31.4 Å². The Labute approximate surface area is 190 Å². The van der Waals surface area contributed by atoms with Gasteiger partial charge >= 0.3 is 12.4 Å². The van der Waals surface area contributed by atoms with Gasteiger partial charge in [0, 0.05) is 24.7 Å². The molecular formula is C21H22F6N6O. The van der Waals surface area contributed by atoms with Crippen LogP contribution in [0.15, 0.2) is 30.7 Å². The van der Waals surface area contributed by atoms with Gasteiger partial charge in [-0.05, 0) is 37.1 Å². The summed E-state index contributed by atoms with van der Waals surface area (Å²) in [6.45, 7) is 2.11. The van der Waals surface area contributed by atoms with Crippen molar-refractivity contribution in [3.8, 4) is 11.3 Å². The van der Waals surface area contributed by atoms with Crippen molar-refractivity contribution in [1.82, 2.24) is 24.5 Å². The van der Waals surface area contributed by atoms with Crippen molar-refractivity contribution in [3.63, 3.8) is 0 Å². The van der Waals surface area contributed by atoms with E-state index in [1.54, 1.807) is 0 Å². The Morgan fingerprint density at radius 3 is 2.62 bits per heavy atom. The quantitative estimate of drug-likeness (QED) is 0.515. The minimum atomic E-state index is -4.78. The number of imidazole rings is 1. The Kier molecular flexibility index (Phi) is 6.67. The molecule has 34 heavy (non-hydrogen) atoms. The van der Waals surface area contributed by atoms with Crippen LogP contribution in [-0.4, -0.2) is 68.0 Å². The number of hydrogen-bond donors (Lipinski definition) is 2. The van der Waals surface area contributed by atoms with Gasteiger partial charge in [-0.3, -0.25) is 9.30 Å². The summed E-state index contributed by atoms with van der Waals surface area (Å²) in [5.41, 5.74) is -1.50. The fourth-order valence-corrected chi connectivity index (χ4v) is 4.19. The van der Waals surface area contributed by atoms with Crippen LogP contribution in [0.2, 0.25) is 0 Å². The number of aliphatic hydroxyl groups is 1. The molecule has 4 rings (SSSR count). The number of benzene rings is 1. The number of halogens is 6. The van der Waals surface area contributed by atoms with Crippen LogP contribution in [-0.2, 0) is 12.6 Å². The second kappa shape index (κ2) is 9.37. The second-order valence-electron chi connectivity index (χ2n) is 8.19. The van der Waals surface area contributed by atoms with Crippen LogP contribution < -0.4 is 5.32 Å². The van der Waals surface area contributed by atoms with E-state index < -0.39 is 29.9 Å². The summed E-state index contributed by atoms with van der Waals surface area (Å²) < 4.78 is 80.4. The molecule has 3 aromatic rings. The topological polar surface area (TPSA) is 78.6 Å². The molecule has 0 bridgehead atoms. The molecule has 0 amide bonds. The average molecular weight is 488 g/mol. The standard InChI is InChI=1S/C21H22F6N6O/c22-20(23,24)9-13-8-14(21(25,26)27)3-4-16(13)18-17-10-28-12-33(17)19(31-30-18)29-15-2-1-5-32(11-15)6-7-34/h3-4,8,10,12,15,34H,1-2,5-7,9,11H2,(H,29,31)/t15-/m1/s1. The first-order chi connectivity index (χ1) is 16.0. The van der Waals surface area contributed by atoms with Gasteiger partial charge in [-0.15, -0.1) is 10.2 Å². The summed E-state index contributed by atoms with van der Waals surface area (Å²) in [4.78, 5) is 6.14. The molecule has 1 saturated heterocycles. The summed E-state index contributed by atoms with van der Waals surface area (Å²) >= 11 is 0. The zero-order chi connectivity index (χ0) is 24.5. The summed E-state index contributed by atoms with van der Waals surface area (Å²) in [6.07, 6.45) is -6.50. The predicted octanol–water partition coefficient (Wildman–Crippen LogP) is 3.78. The number of rotatable bonds is 6. The number of β-amino-alcohol motifs (C(OH)–C–C–N with tert-alkyl or cyclic N) is 1. The van der Waals surface area contributed by atoms with E-state index in [2.05, 4.69) is 25.4 Å². The molecule has 2 N–H and O–H groups in total. The van der Waals surface area contributed by atoms with Crippen molar-refractivity contribution in [1.29, 1.82) is 0 Å². The Morgan fingerprint density at radius 2 is 1.91 bits per heavy atom. The van der Waals surface area contributed by atoms with Crippen LogP contribution in [0.3, 0.4) is 0 Å². The molecule has 0 saturated carbocycles. The van der Waals surface area contributed by atoms with Crippen molar-refractivity contribution in [2.75, 3.05) is 31.6 Å². The average Bonchev–Trinajstić information content (AvgIpc) is 3.23. The summed E-state index contributed by atoms with van der Waals surface area (Å²) in [7, 11) is 0. The summed E-state index contributed by atoms with van der Waals surface area (Å²) in [5, 5.41) is 20.6. The Bertz CT molecular complexity index is 1140. The van der Waals surface area contributed by atoms with Gasteiger partial charge in [0.25, 0.3) is 0 Å². The van der Waals surface area contributed by atoms with Crippen molar-refractivity contribution in [2.45, 2.75) is 37.7 Å². The molecule has 3 heterocycles. The molecule has 1 aliphatic heterocycles. The van der Waals surface area contributed by atoms with Crippen molar-refractivity contribution >= 4 is 11.5 Å². The minimum Gasteiger partial charge on any atom is -0.395 e. The third-order valence-corrected chi connectivity index (χ3v) is 5.69. The number of nitrogens with one attached hydrogen (secondary N) is 1. The smallest absolute Gasteiger partial charge is 0.395 e. The highest BCUT2D eigenvalue weighted by Gasteiger charge is 2.35. The molecule has 1 aliphatic rings. The molecular weight excluding hydrogens is 466 g/mol. The van der Waals surface area contributed by atoms with E-state index in [0.29, 0.717) is 30.6 Å². The van der Waals surface area contributed by atoms with E-state index in [1.807, 2.05) is 0 Å². The Balaban J connectivity index is 1.70. The second-order valence-corrected chi connectivity index (χ2v) is 8.19. The lowest BCUT2D eigenvalue weighted by molar-refractivity contribution is -0.138. The number of hydrogen-bond acceptors (Lipinski definition) is 6. The fraction of sp³-hybridized carbons (Fsp3) is 0.476. The van der Waals surface area contributed by atoms with Gasteiger partial charge in [0.2, 0.25) is 5.95 Å². The number of alkyl halides is 6. The maximum Gasteiger partial charge on any atom is 0.416 e. The first kappa shape index (κ1) is 24.2. The number of aromatic nitrogens is 4. The first-order valence-corrected chi connectivity index (χ1v) is 10.6. The Morgan fingerprint density at radius 1 is 1.12 bits per heavy atom. The van der Waals surface area contributed by atoms with Gasteiger partial charge in [0.15, 0.2) is 0 Å². The zero-order valence-corrected chi connectivity index (χ0v) is 17.9. The van der Waals surface area contributed by atoms with Crippen LogP contribution >= 0.6 is 0 Å². The van der Waals surface area contributed by atoms with Crippen LogP contribution in [0, 0.1) is 0 Å². The molecule has 1 atom stereocenters. The van der Waals surface area contributed by atoms with E-state index in [0.717, 1.165) is 31.5 Å². The lowest BCUT2D eigenvalue weighted by Gasteiger charge is -2.32. The maximum atomic E-state index is 13.2. The molecule has 0 spiro atoms. The van der Waals surface area contributed by atoms with E-state index in [1.165, 1.54) is 16.9 Å². The summed E-state index contributed by atoms with van der Waals surface area (Å²) in [6, 6.07) is 2.22. The maximum absolute atomic E-state index is 13.2. The first-order valence-electron chi connectivity index (χ1n) is 10.6. The number of nitrogens with zero attached hydrogens (tertiary/aromatic N) is 5. The highest BCUT2D eigenvalue weighted by atomic mass is 19.4. The van der Waals surface area contributed by atoms with Crippen molar-refractivity contribution < 1.29 is 31.4 Å².